The molecule has 0 saturated carbocycles. The van der Waals surface area contributed by atoms with Gasteiger partial charge < -0.3 is 5.11 Å². The van der Waals surface area contributed by atoms with Gasteiger partial charge in [-0.3, -0.25) is 4.98 Å². The van der Waals surface area contributed by atoms with Gasteiger partial charge in [-0.1, -0.05) is 6.92 Å². The summed E-state index contributed by atoms with van der Waals surface area (Å²) in [4.78, 5) is 2.45. The molecule has 3 atom stereocenters. The van der Waals surface area contributed by atoms with Gasteiger partial charge in [0.05, 0.1) is 6.61 Å². The van der Waals surface area contributed by atoms with Crippen LogP contribution in [0.25, 0.3) is 0 Å². The highest BCUT2D eigenvalue weighted by atomic mass is 32.2. The first-order valence-corrected chi connectivity index (χ1v) is 9.28. The molecule has 2 fully saturated rings. The molecule has 0 amide bonds. The number of hydrogen-bond acceptors (Lipinski definition) is 4. The zero-order chi connectivity index (χ0) is 17.8. The highest BCUT2D eigenvalue weighted by Crippen LogP contribution is 2.53. The molecule has 0 unspecified atom stereocenters. The molecule has 1 N–H and O–H groups in total. The van der Waals surface area contributed by atoms with Crippen LogP contribution in [0.4, 0.5) is 13.2 Å². The van der Waals surface area contributed by atoms with Crippen LogP contribution < -0.4 is 0 Å². The molecular weight excluding hydrogens is 345 g/mol. The van der Waals surface area contributed by atoms with E-state index >= 15 is 0 Å². The third-order valence-corrected chi connectivity index (χ3v) is 7.40. The Bertz CT molecular complexity index is 732. The molecule has 0 aliphatic carbocycles. The molecule has 3 rings (SSSR count). The van der Waals surface area contributed by atoms with Crippen LogP contribution in [-0.2, 0) is 16.2 Å². The topological polar surface area (TPSA) is 70.5 Å². The number of sulfonamides is 1. The summed E-state index contributed by atoms with van der Waals surface area (Å²) in [6, 6.07) is 1.31. The van der Waals surface area contributed by atoms with Crippen molar-refractivity contribution in [1.82, 2.24) is 9.29 Å². The molecule has 0 radical (unpaired) electrons. The van der Waals surface area contributed by atoms with Crippen molar-refractivity contribution < 1.29 is 26.7 Å². The van der Waals surface area contributed by atoms with Crippen molar-refractivity contribution in [1.29, 1.82) is 0 Å². The summed E-state index contributed by atoms with van der Waals surface area (Å²) < 4.78 is 66.7. The van der Waals surface area contributed by atoms with E-state index in [1.54, 1.807) is 0 Å². The lowest BCUT2D eigenvalue weighted by molar-refractivity contribution is -0.143. The third kappa shape index (κ3) is 2.44. The summed E-state index contributed by atoms with van der Waals surface area (Å²) in [5, 5.41) is 9.76. The van der Waals surface area contributed by atoms with Crippen molar-refractivity contribution in [2.45, 2.75) is 55.8 Å². The smallest absolute Gasteiger partial charge is 0.396 e. The molecule has 3 heterocycles. The highest BCUT2D eigenvalue weighted by molar-refractivity contribution is 7.89. The van der Waals surface area contributed by atoms with Gasteiger partial charge in [-0.05, 0) is 37.8 Å². The number of fused-ring (bicyclic) bond motifs is 2. The fraction of sp³-hybridized carbons (Fsp3) is 0.667. The summed E-state index contributed by atoms with van der Waals surface area (Å²) in [6.07, 6.45) is -1.69. The van der Waals surface area contributed by atoms with Crippen molar-refractivity contribution in [2.75, 3.05) is 6.61 Å². The second-order valence-electron chi connectivity index (χ2n) is 6.51. The molecule has 2 aliphatic heterocycles. The Labute approximate surface area is 138 Å². The van der Waals surface area contributed by atoms with Crippen LogP contribution in [0.15, 0.2) is 23.2 Å². The quantitative estimate of drug-likeness (QED) is 0.891. The lowest BCUT2D eigenvalue weighted by Crippen LogP contribution is -2.42. The van der Waals surface area contributed by atoms with Crippen LogP contribution in [0, 0.1) is 5.41 Å². The lowest BCUT2D eigenvalue weighted by atomic mass is 9.72. The molecular formula is C15H19F3N2O3S. The van der Waals surface area contributed by atoms with E-state index in [9.17, 15) is 26.7 Å². The first kappa shape index (κ1) is 17.6. The van der Waals surface area contributed by atoms with Crippen molar-refractivity contribution >= 4 is 10.0 Å². The van der Waals surface area contributed by atoms with Gasteiger partial charge in [0, 0.05) is 23.7 Å². The number of aromatic nitrogens is 1. The van der Waals surface area contributed by atoms with Gasteiger partial charge in [-0.15, -0.1) is 0 Å². The van der Waals surface area contributed by atoms with Crippen molar-refractivity contribution in [3.8, 4) is 0 Å². The Balaban J connectivity index is 2.08. The minimum absolute atomic E-state index is 0.171. The minimum atomic E-state index is -4.85. The molecule has 9 heteroatoms. The standard InChI is InChI=1S/C15H19F3N2O3S/c1-2-14(9-21)8-10-5-6-12(14)20(10)24(22,23)11-4-3-7-19-13(11)15(16,17)18/h3-4,7,10,12,21H,2,5-6,8-9H2,1H3/t10-,12+,14-/m0/s1. The van der Waals surface area contributed by atoms with Gasteiger partial charge in [0.2, 0.25) is 10.0 Å². The zero-order valence-electron chi connectivity index (χ0n) is 13.1. The number of nitrogens with zero attached hydrogens (tertiary/aromatic N) is 2. The normalized spacial score (nSPS) is 30.9. The summed E-state index contributed by atoms with van der Waals surface area (Å²) >= 11 is 0. The zero-order valence-corrected chi connectivity index (χ0v) is 13.9. The molecule has 134 valence electrons. The largest absolute Gasteiger partial charge is 0.434 e. The maximum Gasteiger partial charge on any atom is 0.434 e. The summed E-state index contributed by atoms with van der Waals surface area (Å²) in [7, 11) is -4.34. The number of rotatable bonds is 4. The molecule has 1 aromatic rings. The van der Waals surface area contributed by atoms with E-state index in [1.165, 1.54) is 10.4 Å². The maximum absolute atomic E-state index is 13.2. The number of alkyl halides is 3. The van der Waals surface area contributed by atoms with E-state index in [-0.39, 0.29) is 12.6 Å². The van der Waals surface area contributed by atoms with E-state index in [2.05, 4.69) is 4.98 Å². The molecule has 24 heavy (non-hydrogen) atoms. The maximum atomic E-state index is 13.2. The average molecular weight is 364 g/mol. The predicted molar refractivity (Wildman–Crippen MR) is 79.5 cm³/mol. The predicted octanol–water partition coefficient (Wildman–Crippen LogP) is 2.41. The highest BCUT2D eigenvalue weighted by Gasteiger charge is 2.59. The Hall–Kier alpha value is -1.19. The van der Waals surface area contributed by atoms with Crippen LogP contribution in [0.3, 0.4) is 0 Å². The van der Waals surface area contributed by atoms with Gasteiger partial charge in [0.15, 0.2) is 5.69 Å². The molecule has 5 nitrogen and oxygen atoms in total. The van der Waals surface area contributed by atoms with Gasteiger partial charge in [-0.25, -0.2) is 8.42 Å². The summed E-state index contributed by atoms with van der Waals surface area (Å²) in [5.74, 6) is 0. The van der Waals surface area contributed by atoms with Crippen LogP contribution in [0.5, 0.6) is 0 Å². The van der Waals surface area contributed by atoms with Crippen LogP contribution in [0.2, 0.25) is 0 Å². The minimum Gasteiger partial charge on any atom is -0.396 e. The molecule has 2 saturated heterocycles. The number of halogens is 3. The van der Waals surface area contributed by atoms with Crippen LogP contribution >= 0.6 is 0 Å². The van der Waals surface area contributed by atoms with E-state index < -0.39 is 38.2 Å². The Morgan fingerprint density at radius 3 is 2.67 bits per heavy atom. The van der Waals surface area contributed by atoms with Gasteiger partial charge in [0.25, 0.3) is 0 Å². The SMILES string of the molecule is CC[C@@]1(CO)C[C@@H]2CC[C@H]1N2S(=O)(=O)c1cccnc1C(F)(F)F. The number of pyridine rings is 1. The molecule has 2 bridgehead atoms. The number of aliphatic hydroxyl groups is 1. The molecule has 0 spiro atoms. The lowest BCUT2D eigenvalue weighted by Gasteiger charge is -2.34. The third-order valence-electron chi connectivity index (χ3n) is 5.40. The number of aliphatic hydroxyl groups excluding tert-OH is 1. The first-order valence-electron chi connectivity index (χ1n) is 7.84. The second-order valence-corrected chi connectivity index (χ2v) is 8.32. The summed E-state index contributed by atoms with van der Waals surface area (Å²) in [6.45, 7) is 1.70. The van der Waals surface area contributed by atoms with Crippen molar-refractivity contribution in [2.24, 2.45) is 5.41 Å². The van der Waals surface area contributed by atoms with Gasteiger partial charge in [0.1, 0.15) is 4.90 Å². The van der Waals surface area contributed by atoms with E-state index in [0.29, 0.717) is 25.7 Å². The van der Waals surface area contributed by atoms with Gasteiger partial charge in [-0.2, -0.15) is 17.5 Å². The Morgan fingerprint density at radius 2 is 2.12 bits per heavy atom. The van der Waals surface area contributed by atoms with E-state index in [1.807, 2.05) is 6.92 Å². The fourth-order valence-corrected chi connectivity index (χ4v) is 6.31. The van der Waals surface area contributed by atoms with Crippen LogP contribution in [0.1, 0.15) is 38.3 Å². The summed E-state index contributed by atoms with van der Waals surface area (Å²) in [5.41, 5.74) is -1.96. The van der Waals surface area contributed by atoms with Gasteiger partial charge >= 0.3 is 6.18 Å². The van der Waals surface area contributed by atoms with Crippen molar-refractivity contribution in [3.63, 3.8) is 0 Å². The van der Waals surface area contributed by atoms with E-state index in [4.69, 9.17) is 0 Å². The second kappa shape index (κ2) is 5.67. The Kier molecular flexibility index (Phi) is 4.17. The average Bonchev–Trinajstić information content (AvgIpc) is 3.11. The molecule has 0 aromatic carbocycles. The van der Waals surface area contributed by atoms with Crippen molar-refractivity contribution in [3.05, 3.63) is 24.0 Å². The molecule has 1 aromatic heterocycles. The molecule has 2 aliphatic rings. The monoisotopic (exact) mass is 364 g/mol. The fourth-order valence-electron chi connectivity index (χ4n) is 4.18. The Morgan fingerprint density at radius 1 is 1.42 bits per heavy atom. The first-order chi connectivity index (χ1) is 11.2. The van der Waals surface area contributed by atoms with E-state index in [0.717, 1.165) is 12.3 Å². The van der Waals surface area contributed by atoms with Crippen LogP contribution in [-0.4, -0.2) is 41.5 Å². The number of hydrogen-bond donors (Lipinski definition) is 1.